The molecule has 1 saturated carbocycles. The van der Waals surface area contributed by atoms with Crippen LogP contribution >= 0.6 is 0 Å². The second-order valence-corrected chi connectivity index (χ2v) is 5.60. The molecule has 0 aliphatic heterocycles. The normalized spacial score (nSPS) is 25.9. The van der Waals surface area contributed by atoms with Crippen molar-refractivity contribution >= 4 is 0 Å². The van der Waals surface area contributed by atoms with Crippen LogP contribution in [0.3, 0.4) is 0 Å². The van der Waals surface area contributed by atoms with Crippen molar-refractivity contribution in [1.82, 2.24) is 0 Å². The molecule has 0 saturated heterocycles. The Morgan fingerprint density at radius 1 is 1.28 bits per heavy atom. The molecule has 0 amide bonds. The lowest BCUT2D eigenvalue weighted by molar-refractivity contribution is -0.0113. The van der Waals surface area contributed by atoms with Crippen molar-refractivity contribution in [3.05, 3.63) is 35.4 Å². The van der Waals surface area contributed by atoms with Crippen molar-refractivity contribution in [3.63, 3.8) is 0 Å². The minimum Gasteiger partial charge on any atom is -0.376 e. The summed E-state index contributed by atoms with van der Waals surface area (Å²) in [6.45, 7) is 5.04. The fourth-order valence-electron chi connectivity index (χ4n) is 2.85. The standard InChI is InChI=1S/C16H25NO/c1-12-7-3-5-9-14(12)15(17)11-18-16-10-6-4-8-13(16)2/h3,5,7,9,13,15-16H,4,6,8,10-11,17H2,1-2H3. The molecule has 1 aliphatic rings. The van der Waals surface area contributed by atoms with Gasteiger partial charge in [0, 0.05) is 0 Å². The number of hydrogen-bond acceptors (Lipinski definition) is 2. The van der Waals surface area contributed by atoms with Crippen molar-refractivity contribution in [3.8, 4) is 0 Å². The number of rotatable bonds is 4. The van der Waals surface area contributed by atoms with Crippen LogP contribution in [0.25, 0.3) is 0 Å². The Morgan fingerprint density at radius 2 is 2.00 bits per heavy atom. The molecule has 1 aromatic rings. The van der Waals surface area contributed by atoms with Crippen LogP contribution in [0.2, 0.25) is 0 Å². The Bertz CT molecular complexity index is 377. The summed E-state index contributed by atoms with van der Waals surface area (Å²) in [6.07, 6.45) is 5.56. The molecule has 0 bridgehead atoms. The van der Waals surface area contributed by atoms with Crippen LogP contribution in [0.15, 0.2) is 24.3 Å². The third-order valence-electron chi connectivity index (χ3n) is 4.11. The first kappa shape index (κ1) is 13.6. The van der Waals surface area contributed by atoms with E-state index in [4.69, 9.17) is 10.5 Å². The van der Waals surface area contributed by atoms with Crippen LogP contribution in [-0.4, -0.2) is 12.7 Å². The Hall–Kier alpha value is -0.860. The van der Waals surface area contributed by atoms with Gasteiger partial charge >= 0.3 is 0 Å². The topological polar surface area (TPSA) is 35.2 Å². The summed E-state index contributed by atoms with van der Waals surface area (Å²) >= 11 is 0. The van der Waals surface area contributed by atoms with Gasteiger partial charge in [-0.2, -0.15) is 0 Å². The van der Waals surface area contributed by atoms with Gasteiger partial charge in [0.1, 0.15) is 0 Å². The molecule has 2 nitrogen and oxygen atoms in total. The minimum absolute atomic E-state index is 0.000302. The lowest BCUT2D eigenvalue weighted by atomic mass is 9.88. The van der Waals surface area contributed by atoms with E-state index in [9.17, 15) is 0 Å². The molecule has 1 fully saturated rings. The number of aryl methyl sites for hydroxylation is 1. The molecule has 100 valence electrons. The molecule has 2 rings (SSSR count). The van der Waals surface area contributed by atoms with Crippen molar-refractivity contribution in [1.29, 1.82) is 0 Å². The van der Waals surface area contributed by atoms with Crippen molar-refractivity contribution < 1.29 is 4.74 Å². The third-order valence-corrected chi connectivity index (χ3v) is 4.11. The van der Waals surface area contributed by atoms with E-state index in [1.807, 2.05) is 6.07 Å². The van der Waals surface area contributed by atoms with Gasteiger partial charge in [-0.1, -0.05) is 44.0 Å². The van der Waals surface area contributed by atoms with Crippen LogP contribution in [0.1, 0.15) is 49.8 Å². The summed E-state index contributed by atoms with van der Waals surface area (Å²) in [5, 5.41) is 0. The van der Waals surface area contributed by atoms with E-state index >= 15 is 0 Å². The monoisotopic (exact) mass is 247 g/mol. The molecule has 0 heterocycles. The van der Waals surface area contributed by atoms with Gasteiger partial charge in [0.2, 0.25) is 0 Å². The Labute approximate surface area is 111 Å². The van der Waals surface area contributed by atoms with Gasteiger partial charge in [0.05, 0.1) is 18.8 Å². The molecule has 2 heteroatoms. The summed E-state index contributed by atoms with van der Waals surface area (Å²) in [4.78, 5) is 0. The lowest BCUT2D eigenvalue weighted by Gasteiger charge is -2.30. The quantitative estimate of drug-likeness (QED) is 0.882. The van der Waals surface area contributed by atoms with E-state index in [-0.39, 0.29) is 6.04 Å². The van der Waals surface area contributed by atoms with E-state index in [1.165, 1.54) is 36.8 Å². The first-order chi connectivity index (χ1) is 8.68. The smallest absolute Gasteiger partial charge is 0.0663 e. The van der Waals surface area contributed by atoms with E-state index in [0.717, 1.165) is 0 Å². The molecule has 1 aromatic carbocycles. The maximum Gasteiger partial charge on any atom is 0.0663 e. The zero-order chi connectivity index (χ0) is 13.0. The van der Waals surface area contributed by atoms with Crippen LogP contribution in [-0.2, 0) is 4.74 Å². The van der Waals surface area contributed by atoms with Crippen molar-refractivity contribution in [2.75, 3.05) is 6.61 Å². The second kappa shape index (κ2) is 6.35. The summed E-state index contributed by atoms with van der Waals surface area (Å²) in [5.74, 6) is 0.683. The molecular weight excluding hydrogens is 222 g/mol. The summed E-state index contributed by atoms with van der Waals surface area (Å²) in [5.41, 5.74) is 8.70. The van der Waals surface area contributed by atoms with Gasteiger partial charge in [0.25, 0.3) is 0 Å². The van der Waals surface area contributed by atoms with Gasteiger partial charge in [0.15, 0.2) is 0 Å². The van der Waals surface area contributed by atoms with Crippen LogP contribution < -0.4 is 5.73 Å². The third kappa shape index (κ3) is 3.33. The summed E-state index contributed by atoms with van der Waals surface area (Å²) in [7, 11) is 0. The molecule has 1 aliphatic carbocycles. The highest BCUT2D eigenvalue weighted by molar-refractivity contribution is 5.28. The average molecular weight is 247 g/mol. The molecule has 2 N–H and O–H groups in total. The molecule has 0 radical (unpaired) electrons. The van der Waals surface area contributed by atoms with Gasteiger partial charge in [-0.15, -0.1) is 0 Å². The molecular formula is C16H25NO. The lowest BCUT2D eigenvalue weighted by Crippen LogP contribution is -2.29. The van der Waals surface area contributed by atoms with Crippen molar-refractivity contribution in [2.24, 2.45) is 11.7 Å². The molecule has 0 spiro atoms. The van der Waals surface area contributed by atoms with E-state index < -0.39 is 0 Å². The van der Waals surface area contributed by atoms with Gasteiger partial charge < -0.3 is 10.5 Å². The van der Waals surface area contributed by atoms with Gasteiger partial charge in [-0.3, -0.25) is 0 Å². The van der Waals surface area contributed by atoms with Gasteiger partial charge in [-0.05, 0) is 36.8 Å². The largest absolute Gasteiger partial charge is 0.376 e. The fourth-order valence-corrected chi connectivity index (χ4v) is 2.85. The van der Waals surface area contributed by atoms with Crippen LogP contribution in [0.5, 0.6) is 0 Å². The average Bonchev–Trinajstić information content (AvgIpc) is 2.38. The molecule has 3 unspecified atom stereocenters. The number of benzene rings is 1. The SMILES string of the molecule is Cc1ccccc1C(N)COC1CCCCC1C. The second-order valence-electron chi connectivity index (χ2n) is 5.60. The molecule has 0 aromatic heterocycles. The minimum atomic E-state index is 0.000302. The highest BCUT2D eigenvalue weighted by atomic mass is 16.5. The first-order valence-electron chi connectivity index (χ1n) is 7.11. The van der Waals surface area contributed by atoms with Crippen LogP contribution in [0.4, 0.5) is 0 Å². The highest BCUT2D eigenvalue weighted by Gasteiger charge is 2.22. The number of ether oxygens (including phenoxy) is 1. The highest BCUT2D eigenvalue weighted by Crippen LogP contribution is 2.27. The predicted molar refractivity (Wildman–Crippen MR) is 75.5 cm³/mol. The van der Waals surface area contributed by atoms with Crippen LogP contribution in [0, 0.1) is 12.8 Å². The maximum atomic E-state index is 6.23. The van der Waals surface area contributed by atoms with E-state index in [0.29, 0.717) is 18.6 Å². The van der Waals surface area contributed by atoms with E-state index in [2.05, 4.69) is 32.0 Å². The zero-order valence-corrected chi connectivity index (χ0v) is 11.6. The van der Waals surface area contributed by atoms with Gasteiger partial charge in [-0.25, -0.2) is 0 Å². The van der Waals surface area contributed by atoms with Crippen molar-refractivity contribution in [2.45, 2.75) is 51.7 Å². The molecule has 3 atom stereocenters. The molecule has 18 heavy (non-hydrogen) atoms. The summed E-state index contributed by atoms with van der Waals surface area (Å²) in [6, 6.07) is 8.31. The Morgan fingerprint density at radius 3 is 2.72 bits per heavy atom. The maximum absolute atomic E-state index is 6.23. The van der Waals surface area contributed by atoms with E-state index in [1.54, 1.807) is 0 Å². The number of nitrogens with two attached hydrogens (primary N) is 1. The zero-order valence-electron chi connectivity index (χ0n) is 11.6. The summed E-state index contributed by atoms with van der Waals surface area (Å²) < 4.78 is 6.04. The Kier molecular flexibility index (Phi) is 4.79. The Balaban J connectivity index is 1.88. The predicted octanol–water partition coefficient (Wildman–Crippen LogP) is 3.59. The number of hydrogen-bond donors (Lipinski definition) is 1. The first-order valence-corrected chi connectivity index (χ1v) is 7.11. The fraction of sp³-hybridized carbons (Fsp3) is 0.625.